The number of thiazole rings is 1. The molecule has 2 amide bonds. The third-order valence-corrected chi connectivity index (χ3v) is 6.34. The molecular formula is C24H25N3O5S. The Hall–Kier alpha value is -3.59. The van der Waals surface area contributed by atoms with Gasteiger partial charge in [-0.25, -0.2) is 4.98 Å². The molecule has 0 fully saturated rings. The van der Waals surface area contributed by atoms with E-state index in [0.717, 1.165) is 28.9 Å². The molecule has 2 heterocycles. The molecule has 172 valence electrons. The summed E-state index contributed by atoms with van der Waals surface area (Å²) in [5, 5.41) is 5.20. The van der Waals surface area contributed by atoms with E-state index in [1.54, 1.807) is 19.1 Å². The molecule has 0 aliphatic carbocycles. The van der Waals surface area contributed by atoms with Crippen LogP contribution in [-0.4, -0.2) is 44.2 Å². The summed E-state index contributed by atoms with van der Waals surface area (Å²) in [7, 11) is 4.51. The number of ether oxygens (including phenoxy) is 3. The van der Waals surface area contributed by atoms with E-state index in [2.05, 4.69) is 16.4 Å². The first kappa shape index (κ1) is 22.6. The Kier molecular flexibility index (Phi) is 6.24. The van der Waals surface area contributed by atoms with Crippen molar-refractivity contribution in [1.82, 2.24) is 4.98 Å². The fourth-order valence-corrected chi connectivity index (χ4v) is 4.83. The molecule has 3 aromatic rings. The second-order valence-electron chi connectivity index (χ2n) is 7.69. The van der Waals surface area contributed by atoms with E-state index in [-0.39, 0.29) is 17.9 Å². The number of aromatic nitrogens is 1. The van der Waals surface area contributed by atoms with Gasteiger partial charge in [-0.1, -0.05) is 6.07 Å². The first-order chi connectivity index (χ1) is 15.9. The SMILES string of the molecule is COc1cc(C(=O)Nc2nc(-c3ccc4c(c3)CC(C)N4C(C)=O)cs2)cc(OC)c1OC. The maximum absolute atomic E-state index is 12.9. The lowest BCUT2D eigenvalue weighted by Gasteiger charge is -2.20. The molecule has 1 aromatic heterocycles. The van der Waals surface area contributed by atoms with Gasteiger partial charge in [-0.3, -0.25) is 14.9 Å². The highest BCUT2D eigenvalue weighted by atomic mass is 32.1. The van der Waals surface area contributed by atoms with E-state index in [1.165, 1.54) is 32.7 Å². The highest BCUT2D eigenvalue weighted by Crippen LogP contribution is 2.39. The number of fused-ring (bicyclic) bond motifs is 1. The number of carbonyl (C=O) groups is 2. The number of nitrogens with one attached hydrogen (secondary N) is 1. The Balaban J connectivity index is 1.55. The Morgan fingerprint density at radius 3 is 2.39 bits per heavy atom. The number of carbonyl (C=O) groups excluding carboxylic acids is 2. The molecule has 1 aliphatic heterocycles. The van der Waals surface area contributed by atoms with Crippen molar-refractivity contribution in [3.05, 3.63) is 46.8 Å². The maximum atomic E-state index is 12.9. The van der Waals surface area contributed by atoms with Crippen LogP contribution in [0.2, 0.25) is 0 Å². The molecule has 9 heteroatoms. The average molecular weight is 468 g/mol. The molecule has 0 saturated carbocycles. The van der Waals surface area contributed by atoms with Crippen molar-refractivity contribution in [3.63, 3.8) is 0 Å². The Labute approximate surface area is 196 Å². The molecule has 8 nitrogen and oxygen atoms in total. The van der Waals surface area contributed by atoms with Gasteiger partial charge in [0.2, 0.25) is 11.7 Å². The quantitative estimate of drug-likeness (QED) is 0.579. The smallest absolute Gasteiger partial charge is 0.257 e. The van der Waals surface area contributed by atoms with Gasteiger partial charge in [-0.05, 0) is 43.2 Å². The van der Waals surface area contributed by atoms with Crippen LogP contribution in [0.15, 0.2) is 35.7 Å². The van der Waals surface area contributed by atoms with Crippen molar-refractivity contribution >= 4 is 34.0 Å². The van der Waals surface area contributed by atoms with Crippen molar-refractivity contribution in [2.75, 3.05) is 31.5 Å². The number of methoxy groups -OCH3 is 3. The van der Waals surface area contributed by atoms with Gasteiger partial charge in [0.25, 0.3) is 5.91 Å². The molecule has 1 unspecified atom stereocenters. The first-order valence-corrected chi connectivity index (χ1v) is 11.2. The first-order valence-electron chi connectivity index (χ1n) is 10.4. The van der Waals surface area contributed by atoms with Crippen molar-refractivity contribution in [1.29, 1.82) is 0 Å². The zero-order valence-electron chi connectivity index (χ0n) is 19.1. The molecule has 0 spiro atoms. The number of nitrogens with zero attached hydrogens (tertiary/aromatic N) is 2. The largest absolute Gasteiger partial charge is 0.493 e. The molecule has 1 N–H and O–H groups in total. The summed E-state index contributed by atoms with van der Waals surface area (Å²) in [6, 6.07) is 9.29. The minimum Gasteiger partial charge on any atom is -0.493 e. The number of anilines is 2. The Morgan fingerprint density at radius 1 is 1.09 bits per heavy atom. The standard InChI is InChI=1S/C24H25N3O5S/c1-13-8-16-9-15(6-7-19(16)27(13)14(2)28)18-12-33-24(25-18)26-23(29)17-10-20(30-3)22(32-5)21(11-17)31-4/h6-7,9-13H,8H2,1-5H3,(H,25,26,29). The summed E-state index contributed by atoms with van der Waals surface area (Å²) in [4.78, 5) is 31.2. The van der Waals surface area contributed by atoms with Gasteiger partial charge in [0, 0.05) is 35.2 Å². The summed E-state index contributed by atoms with van der Waals surface area (Å²) in [6.45, 7) is 3.63. The van der Waals surface area contributed by atoms with Gasteiger partial charge in [0.05, 0.1) is 27.0 Å². The van der Waals surface area contributed by atoms with Crippen LogP contribution < -0.4 is 24.4 Å². The summed E-state index contributed by atoms with van der Waals surface area (Å²) in [5.74, 6) is 0.916. The number of rotatable bonds is 6. The van der Waals surface area contributed by atoms with Crippen LogP contribution >= 0.6 is 11.3 Å². The van der Waals surface area contributed by atoms with E-state index < -0.39 is 0 Å². The lowest BCUT2D eigenvalue weighted by molar-refractivity contribution is -0.116. The molecule has 4 rings (SSSR count). The van der Waals surface area contributed by atoms with Gasteiger partial charge in [-0.15, -0.1) is 11.3 Å². The van der Waals surface area contributed by atoms with E-state index in [9.17, 15) is 9.59 Å². The minimum absolute atomic E-state index is 0.0412. The molecule has 0 radical (unpaired) electrons. The number of hydrogen-bond donors (Lipinski definition) is 1. The van der Waals surface area contributed by atoms with Gasteiger partial charge in [0.1, 0.15) is 0 Å². The second-order valence-corrected chi connectivity index (χ2v) is 8.55. The molecule has 1 aliphatic rings. The monoisotopic (exact) mass is 467 g/mol. The molecule has 2 aromatic carbocycles. The minimum atomic E-state index is -0.338. The van der Waals surface area contributed by atoms with Crippen molar-refractivity contribution in [2.45, 2.75) is 26.3 Å². The lowest BCUT2D eigenvalue weighted by Crippen LogP contribution is -2.33. The number of hydrogen-bond acceptors (Lipinski definition) is 7. The number of amides is 2. The fourth-order valence-electron chi connectivity index (χ4n) is 4.12. The van der Waals surface area contributed by atoms with E-state index in [0.29, 0.717) is 27.9 Å². The third kappa shape index (κ3) is 4.23. The highest BCUT2D eigenvalue weighted by molar-refractivity contribution is 7.14. The van der Waals surface area contributed by atoms with Crippen LogP contribution in [0.5, 0.6) is 17.2 Å². The molecular weight excluding hydrogens is 442 g/mol. The lowest BCUT2D eigenvalue weighted by atomic mass is 10.1. The van der Waals surface area contributed by atoms with Gasteiger partial charge < -0.3 is 19.1 Å². The molecule has 33 heavy (non-hydrogen) atoms. The third-order valence-electron chi connectivity index (χ3n) is 5.58. The van der Waals surface area contributed by atoms with Gasteiger partial charge >= 0.3 is 0 Å². The van der Waals surface area contributed by atoms with E-state index in [4.69, 9.17) is 14.2 Å². The van der Waals surface area contributed by atoms with Crippen LogP contribution in [0, 0.1) is 0 Å². The highest BCUT2D eigenvalue weighted by Gasteiger charge is 2.29. The van der Waals surface area contributed by atoms with Crippen molar-refractivity contribution < 1.29 is 23.8 Å². The zero-order chi connectivity index (χ0) is 23.7. The number of benzene rings is 2. The fraction of sp³-hybridized carbons (Fsp3) is 0.292. The molecule has 1 atom stereocenters. The maximum Gasteiger partial charge on any atom is 0.257 e. The van der Waals surface area contributed by atoms with Crippen LogP contribution in [0.1, 0.15) is 29.8 Å². The van der Waals surface area contributed by atoms with E-state index >= 15 is 0 Å². The summed E-state index contributed by atoms with van der Waals surface area (Å²) < 4.78 is 16.0. The van der Waals surface area contributed by atoms with Crippen LogP contribution in [0.4, 0.5) is 10.8 Å². The summed E-state index contributed by atoms with van der Waals surface area (Å²) in [5.41, 5.74) is 4.13. The van der Waals surface area contributed by atoms with Crippen LogP contribution in [0.25, 0.3) is 11.3 Å². The Bertz CT molecular complexity index is 1200. The topological polar surface area (TPSA) is 90.0 Å². The zero-order valence-corrected chi connectivity index (χ0v) is 19.9. The van der Waals surface area contributed by atoms with Crippen molar-refractivity contribution in [2.24, 2.45) is 0 Å². The van der Waals surface area contributed by atoms with Crippen LogP contribution in [0.3, 0.4) is 0 Å². The normalized spacial score (nSPS) is 14.6. The van der Waals surface area contributed by atoms with Gasteiger partial charge in [0.15, 0.2) is 16.6 Å². The molecule has 0 saturated heterocycles. The van der Waals surface area contributed by atoms with Crippen molar-refractivity contribution in [3.8, 4) is 28.5 Å². The summed E-state index contributed by atoms with van der Waals surface area (Å²) in [6.07, 6.45) is 0.803. The molecule has 0 bridgehead atoms. The van der Waals surface area contributed by atoms with Crippen LogP contribution in [-0.2, 0) is 11.2 Å². The van der Waals surface area contributed by atoms with E-state index in [1.807, 2.05) is 29.3 Å². The predicted molar refractivity (Wildman–Crippen MR) is 128 cm³/mol. The summed E-state index contributed by atoms with van der Waals surface area (Å²) >= 11 is 1.34. The Morgan fingerprint density at radius 2 is 1.79 bits per heavy atom. The predicted octanol–water partition coefficient (Wildman–Crippen LogP) is 4.39. The average Bonchev–Trinajstić information content (AvgIpc) is 3.40. The second kappa shape index (κ2) is 9.11. The van der Waals surface area contributed by atoms with Gasteiger partial charge in [-0.2, -0.15) is 0 Å².